The fourth-order valence-electron chi connectivity index (χ4n) is 1.73. The van der Waals surface area contributed by atoms with E-state index >= 15 is 0 Å². The van der Waals surface area contributed by atoms with Gasteiger partial charge in [0.05, 0.1) is 7.11 Å². The number of ether oxygens (including phenoxy) is 1. The molecule has 0 spiro atoms. The second kappa shape index (κ2) is 4.26. The lowest BCUT2D eigenvalue weighted by Gasteiger charge is -2.18. The van der Waals surface area contributed by atoms with Crippen LogP contribution in [0.5, 0.6) is 0 Å². The van der Waals surface area contributed by atoms with Crippen LogP contribution in [-0.2, 0) is 4.74 Å². The first kappa shape index (κ1) is 9.24. The second-order valence-corrected chi connectivity index (χ2v) is 3.43. The lowest BCUT2D eigenvalue weighted by molar-refractivity contribution is 0.395. The van der Waals surface area contributed by atoms with Crippen LogP contribution in [0.4, 0.5) is 0 Å². The van der Waals surface area contributed by atoms with Crippen molar-refractivity contribution in [3.8, 4) is 0 Å². The van der Waals surface area contributed by atoms with Crippen LogP contribution in [0, 0.1) is 0 Å². The third-order valence-corrected chi connectivity index (χ3v) is 2.47. The van der Waals surface area contributed by atoms with Crippen molar-refractivity contribution in [2.75, 3.05) is 20.2 Å². The summed E-state index contributed by atoms with van der Waals surface area (Å²) in [5.41, 5.74) is 0. The van der Waals surface area contributed by atoms with Crippen LogP contribution in [0.25, 0.3) is 0 Å². The van der Waals surface area contributed by atoms with E-state index in [1.807, 2.05) is 6.08 Å². The highest BCUT2D eigenvalue weighted by Gasteiger charge is 2.16. The molecule has 0 bridgehead atoms. The Kier molecular flexibility index (Phi) is 2.81. The zero-order chi connectivity index (χ0) is 9.80. The monoisotopic (exact) mass is 193 g/mol. The summed E-state index contributed by atoms with van der Waals surface area (Å²) in [6, 6.07) is 0.459. The van der Waals surface area contributed by atoms with Gasteiger partial charge in [-0.3, -0.25) is 0 Å². The molecule has 0 radical (unpaired) electrons. The van der Waals surface area contributed by atoms with Crippen molar-refractivity contribution in [1.82, 2.24) is 4.90 Å². The Morgan fingerprint density at radius 1 is 1.36 bits per heavy atom. The fraction of sp³-hybridized carbons (Fsp3) is 0.600. The van der Waals surface area contributed by atoms with Gasteiger partial charge in [0.25, 0.3) is 0 Å². The Bertz CT molecular complexity index is 288. The molecule has 2 heterocycles. The highest BCUT2D eigenvalue weighted by atomic mass is 16.5. The number of rotatable bonds is 0. The van der Waals surface area contributed by atoms with Gasteiger partial charge < -0.3 is 9.64 Å². The van der Waals surface area contributed by atoms with Crippen LogP contribution < -0.4 is 0 Å². The summed E-state index contributed by atoms with van der Waals surface area (Å²) in [5, 5.41) is 0. The van der Waals surface area contributed by atoms with E-state index in [1.165, 1.54) is 12.8 Å². The number of likely N-dealkylation sites (tertiary alicyclic amines) is 1. The van der Waals surface area contributed by atoms with Crippen molar-refractivity contribution in [2.24, 2.45) is 9.98 Å². The zero-order valence-electron chi connectivity index (χ0n) is 8.44. The van der Waals surface area contributed by atoms with E-state index in [-0.39, 0.29) is 0 Å². The zero-order valence-corrected chi connectivity index (χ0v) is 8.44. The SMILES string of the molecule is COC1=NC=CCC(N2CCCC2)=N1. The lowest BCUT2D eigenvalue weighted by atomic mass is 10.3. The van der Waals surface area contributed by atoms with Crippen LogP contribution in [0.2, 0.25) is 0 Å². The maximum absolute atomic E-state index is 5.05. The van der Waals surface area contributed by atoms with Gasteiger partial charge in [-0.1, -0.05) is 6.08 Å². The maximum atomic E-state index is 5.05. The van der Waals surface area contributed by atoms with Crippen LogP contribution in [0.15, 0.2) is 22.3 Å². The van der Waals surface area contributed by atoms with Crippen molar-refractivity contribution in [3.63, 3.8) is 0 Å². The van der Waals surface area contributed by atoms with Crippen LogP contribution in [-0.4, -0.2) is 37.0 Å². The van der Waals surface area contributed by atoms with Gasteiger partial charge >= 0.3 is 6.02 Å². The number of amidine groups is 2. The topological polar surface area (TPSA) is 37.2 Å². The molecule has 2 rings (SSSR count). The first-order chi connectivity index (χ1) is 6.90. The second-order valence-electron chi connectivity index (χ2n) is 3.43. The van der Waals surface area contributed by atoms with Crippen molar-refractivity contribution in [2.45, 2.75) is 19.3 Å². The summed E-state index contributed by atoms with van der Waals surface area (Å²) in [6.07, 6.45) is 7.16. The summed E-state index contributed by atoms with van der Waals surface area (Å²) in [5.74, 6) is 1.08. The van der Waals surface area contributed by atoms with Gasteiger partial charge in [0.15, 0.2) is 0 Å². The first-order valence-corrected chi connectivity index (χ1v) is 4.99. The molecule has 1 fully saturated rings. The van der Waals surface area contributed by atoms with E-state index in [9.17, 15) is 0 Å². The lowest BCUT2D eigenvalue weighted by Crippen LogP contribution is -2.28. The predicted molar refractivity (Wildman–Crippen MR) is 56.4 cm³/mol. The predicted octanol–water partition coefficient (Wildman–Crippen LogP) is 1.40. The average molecular weight is 193 g/mol. The number of nitrogens with zero attached hydrogens (tertiary/aromatic N) is 3. The van der Waals surface area contributed by atoms with E-state index in [2.05, 4.69) is 14.9 Å². The Morgan fingerprint density at radius 3 is 2.86 bits per heavy atom. The minimum Gasteiger partial charge on any atom is -0.467 e. The molecule has 76 valence electrons. The van der Waals surface area contributed by atoms with Gasteiger partial charge in [-0.05, 0) is 12.8 Å². The molecule has 1 saturated heterocycles. The number of hydrogen-bond donors (Lipinski definition) is 0. The van der Waals surface area contributed by atoms with Gasteiger partial charge in [0, 0.05) is 25.7 Å². The van der Waals surface area contributed by atoms with Crippen LogP contribution in [0.1, 0.15) is 19.3 Å². The van der Waals surface area contributed by atoms with Crippen LogP contribution in [0.3, 0.4) is 0 Å². The van der Waals surface area contributed by atoms with Crippen molar-refractivity contribution in [3.05, 3.63) is 12.3 Å². The molecule has 4 nitrogen and oxygen atoms in total. The minimum atomic E-state index is 0.459. The normalized spacial score (nSPS) is 21.6. The van der Waals surface area contributed by atoms with Gasteiger partial charge in [-0.2, -0.15) is 4.99 Å². The quantitative estimate of drug-likeness (QED) is 0.583. The molecular formula is C10H15N3O. The van der Waals surface area contributed by atoms with Crippen LogP contribution >= 0.6 is 0 Å². The summed E-state index contributed by atoms with van der Waals surface area (Å²) >= 11 is 0. The van der Waals surface area contributed by atoms with E-state index < -0.39 is 0 Å². The molecule has 4 heteroatoms. The molecule has 0 amide bonds. The summed E-state index contributed by atoms with van der Waals surface area (Å²) in [6.45, 7) is 2.23. The highest BCUT2D eigenvalue weighted by molar-refractivity contribution is 5.95. The highest BCUT2D eigenvalue weighted by Crippen LogP contribution is 2.12. The van der Waals surface area contributed by atoms with Crippen molar-refractivity contribution >= 4 is 11.9 Å². The minimum absolute atomic E-state index is 0.459. The molecule has 2 aliphatic heterocycles. The maximum Gasteiger partial charge on any atom is 0.317 e. The molecule has 2 aliphatic rings. The third-order valence-electron chi connectivity index (χ3n) is 2.47. The van der Waals surface area contributed by atoms with Gasteiger partial charge in [-0.25, -0.2) is 4.99 Å². The third kappa shape index (κ3) is 1.95. The van der Waals surface area contributed by atoms with E-state index in [0.29, 0.717) is 6.02 Å². The smallest absolute Gasteiger partial charge is 0.317 e. The van der Waals surface area contributed by atoms with E-state index in [0.717, 1.165) is 25.3 Å². The number of hydrogen-bond acceptors (Lipinski definition) is 4. The van der Waals surface area contributed by atoms with Gasteiger partial charge in [-0.15, -0.1) is 0 Å². The first-order valence-electron chi connectivity index (χ1n) is 4.99. The Hall–Kier alpha value is -1.32. The van der Waals surface area contributed by atoms with Crippen molar-refractivity contribution < 1.29 is 4.74 Å². The van der Waals surface area contributed by atoms with E-state index in [4.69, 9.17) is 4.74 Å². The fourth-order valence-corrected chi connectivity index (χ4v) is 1.73. The Morgan fingerprint density at radius 2 is 2.14 bits per heavy atom. The molecule has 0 unspecified atom stereocenters. The largest absolute Gasteiger partial charge is 0.467 e. The van der Waals surface area contributed by atoms with E-state index in [1.54, 1.807) is 13.3 Å². The summed E-state index contributed by atoms with van der Waals surface area (Å²) in [7, 11) is 1.60. The Labute approximate surface area is 84.0 Å². The molecule has 0 atom stereocenters. The number of methoxy groups -OCH3 is 1. The molecule has 0 aromatic heterocycles. The number of aliphatic imine (C=N–C) groups is 2. The molecule has 14 heavy (non-hydrogen) atoms. The molecule has 0 aliphatic carbocycles. The molecule has 0 aromatic carbocycles. The van der Waals surface area contributed by atoms with Gasteiger partial charge in [0.2, 0.25) is 0 Å². The molecule has 0 aromatic rings. The van der Waals surface area contributed by atoms with Crippen molar-refractivity contribution in [1.29, 1.82) is 0 Å². The molecule has 0 saturated carbocycles. The molecule has 0 N–H and O–H groups in total. The summed E-state index contributed by atoms with van der Waals surface area (Å²) in [4.78, 5) is 10.8. The average Bonchev–Trinajstić information content (AvgIpc) is 2.63. The Balaban J connectivity index is 2.13. The van der Waals surface area contributed by atoms with Gasteiger partial charge in [0.1, 0.15) is 5.84 Å². The summed E-state index contributed by atoms with van der Waals surface area (Å²) < 4.78 is 5.05. The standard InChI is InChI=1S/C10H15N3O/c1-14-10-11-6-4-5-9(12-10)13-7-2-3-8-13/h4,6H,2-3,5,7-8H2,1H3. The molecular weight excluding hydrogens is 178 g/mol.